The van der Waals surface area contributed by atoms with Crippen LogP contribution in [0.1, 0.15) is 97.3 Å². The lowest BCUT2D eigenvalue weighted by molar-refractivity contribution is -0.148. The van der Waals surface area contributed by atoms with Gasteiger partial charge in [-0.3, -0.25) is 9.59 Å². The molecule has 0 saturated carbocycles. The standard InChI is InChI=1S/C26H43N5O4.C5H12/c1-17-15-31(16-18(2)35-17)24(33)20-10-19(12-27-13-20)11-22(32)21-14-29-25(26(3,4)5)30-23(21)28-8-7-9-34-6;1-4-5(2)3/h14,17-20,27H,7-13,15-16H2,1-6H3,(H,28,29,30);5H,4H2,1-3H3. The quantitative estimate of drug-likeness (QED) is 0.313. The lowest BCUT2D eigenvalue weighted by Crippen LogP contribution is -2.53. The number of carbonyl (C=O) groups excluding carboxylic acids is 2. The minimum Gasteiger partial charge on any atom is -0.385 e. The van der Waals surface area contributed by atoms with E-state index < -0.39 is 0 Å². The zero-order chi connectivity index (χ0) is 29.9. The molecule has 2 aliphatic rings. The molecule has 228 valence electrons. The number of nitrogens with zero attached hydrogens (tertiary/aromatic N) is 3. The van der Waals surface area contributed by atoms with Crippen LogP contribution in [-0.4, -0.2) is 85.2 Å². The van der Waals surface area contributed by atoms with Gasteiger partial charge < -0.3 is 25.0 Å². The average molecular weight is 562 g/mol. The first-order valence-corrected chi connectivity index (χ1v) is 15.1. The zero-order valence-corrected chi connectivity index (χ0v) is 26.5. The predicted octanol–water partition coefficient (Wildman–Crippen LogP) is 4.71. The molecule has 2 N–H and O–H groups in total. The SMILES string of the molecule is CCC(C)C.COCCCNc1nc(C(C)(C)C)ncc1C(=O)CC1CNCC(C(=O)N2CC(C)OC(C)C2)C1. The van der Waals surface area contributed by atoms with Gasteiger partial charge in [0.05, 0.1) is 23.7 Å². The van der Waals surface area contributed by atoms with Gasteiger partial charge in [0.15, 0.2) is 5.78 Å². The van der Waals surface area contributed by atoms with Gasteiger partial charge in [0, 0.05) is 57.9 Å². The van der Waals surface area contributed by atoms with Crippen LogP contribution in [0.5, 0.6) is 0 Å². The second-order valence-electron chi connectivity index (χ2n) is 12.9. The summed E-state index contributed by atoms with van der Waals surface area (Å²) < 4.78 is 10.9. The molecule has 2 aliphatic heterocycles. The summed E-state index contributed by atoms with van der Waals surface area (Å²) in [5.41, 5.74) is 0.291. The Morgan fingerprint density at radius 3 is 2.42 bits per heavy atom. The number of hydrogen-bond acceptors (Lipinski definition) is 8. The third kappa shape index (κ3) is 11.1. The zero-order valence-electron chi connectivity index (χ0n) is 26.5. The molecule has 0 spiro atoms. The lowest BCUT2D eigenvalue weighted by atomic mass is 9.85. The molecule has 1 aromatic rings. The molecule has 4 atom stereocenters. The van der Waals surface area contributed by atoms with E-state index in [-0.39, 0.29) is 41.1 Å². The average Bonchev–Trinajstić information content (AvgIpc) is 2.90. The molecule has 1 aromatic heterocycles. The van der Waals surface area contributed by atoms with Crippen molar-refractivity contribution in [2.45, 2.75) is 98.7 Å². The Hall–Kier alpha value is -2.10. The van der Waals surface area contributed by atoms with Crippen LogP contribution in [0.3, 0.4) is 0 Å². The second-order valence-corrected chi connectivity index (χ2v) is 12.9. The van der Waals surface area contributed by atoms with Crippen LogP contribution >= 0.6 is 0 Å². The Balaban J connectivity index is 0.00000103. The molecule has 2 fully saturated rings. The number of aromatic nitrogens is 2. The fraction of sp³-hybridized carbons (Fsp3) is 0.806. The molecule has 40 heavy (non-hydrogen) atoms. The van der Waals surface area contributed by atoms with Gasteiger partial charge in [-0.25, -0.2) is 9.97 Å². The van der Waals surface area contributed by atoms with Crippen LogP contribution in [-0.2, 0) is 19.7 Å². The molecule has 1 amide bonds. The van der Waals surface area contributed by atoms with E-state index in [2.05, 4.69) is 57.2 Å². The van der Waals surface area contributed by atoms with Gasteiger partial charge in [0.1, 0.15) is 11.6 Å². The van der Waals surface area contributed by atoms with Crippen LogP contribution < -0.4 is 10.6 Å². The molecule has 9 heteroatoms. The Labute approximate surface area is 242 Å². The number of morpholine rings is 1. The summed E-state index contributed by atoms with van der Waals surface area (Å²) in [5.74, 6) is 2.30. The highest BCUT2D eigenvalue weighted by molar-refractivity contribution is 6.00. The van der Waals surface area contributed by atoms with Gasteiger partial charge >= 0.3 is 0 Å². The van der Waals surface area contributed by atoms with Crippen LogP contribution in [0.15, 0.2) is 6.20 Å². The normalized spacial score (nSPS) is 23.4. The highest BCUT2D eigenvalue weighted by atomic mass is 16.5. The van der Waals surface area contributed by atoms with Crippen molar-refractivity contribution in [3.05, 3.63) is 17.6 Å². The number of nitrogens with one attached hydrogen (secondary N) is 2. The van der Waals surface area contributed by atoms with Gasteiger partial charge in [0.2, 0.25) is 5.91 Å². The second kappa shape index (κ2) is 16.4. The summed E-state index contributed by atoms with van der Waals surface area (Å²) in [4.78, 5) is 37.7. The van der Waals surface area contributed by atoms with Gasteiger partial charge in [0.25, 0.3) is 0 Å². The number of ether oxygens (including phenoxy) is 2. The highest BCUT2D eigenvalue weighted by Crippen LogP contribution is 2.27. The summed E-state index contributed by atoms with van der Waals surface area (Å²) in [6, 6.07) is 0. The lowest BCUT2D eigenvalue weighted by Gasteiger charge is -2.39. The van der Waals surface area contributed by atoms with Gasteiger partial charge in [-0.15, -0.1) is 0 Å². The maximum absolute atomic E-state index is 13.4. The van der Waals surface area contributed by atoms with Crippen molar-refractivity contribution >= 4 is 17.5 Å². The van der Waals surface area contributed by atoms with Gasteiger partial charge in [-0.05, 0) is 45.1 Å². The number of amides is 1. The van der Waals surface area contributed by atoms with Gasteiger partial charge in [-0.2, -0.15) is 0 Å². The van der Waals surface area contributed by atoms with Crippen molar-refractivity contribution in [3.8, 4) is 0 Å². The maximum atomic E-state index is 13.4. The maximum Gasteiger partial charge on any atom is 0.227 e. The van der Waals surface area contributed by atoms with Crippen molar-refractivity contribution in [2.75, 3.05) is 51.8 Å². The largest absolute Gasteiger partial charge is 0.385 e. The number of anilines is 1. The van der Waals surface area contributed by atoms with E-state index in [0.717, 1.165) is 18.9 Å². The molecule has 0 aromatic carbocycles. The molecule has 9 nitrogen and oxygen atoms in total. The van der Waals surface area contributed by atoms with E-state index in [1.165, 1.54) is 6.42 Å². The number of hydrogen-bond donors (Lipinski definition) is 2. The van der Waals surface area contributed by atoms with Crippen LogP contribution in [0.25, 0.3) is 0 Å². The summed E-state index contributed by atoms with van der Waals surface area (Å²) in [6.45, 7) is 20.7. The van der Waals surface area contributed by atoms with E-state index in [1.807, 2.05) is 18.7 Å². The Bertz CT molecular complexity index is 923. The van der Waals surface area contributed by atoms with Crippen LogP contribution in [0, 0.1) is 17.8 Å². The third-order valence-electron chi connectivity index (χ3n) is 7.39. The Morgan fingerprint density at radius 2 is 1.85 bits per heavy atom. The molecule has 0 radical (unpaired) electrons. The van der Waals surface area contributed by atoms with Crippen molar-refractivity contribution in [3.63, 3.8) is 0 Å². The Kier molecular flexibility index (Phi) is 14.0. The predicted molar refractivity (Wildman–Crippen MR) is 161 cm³/mol. The number of carbonyl (C=O) groups is 2. The van der Waals surface area contributed by atoms with E-state index in [4.69, 9.17) is 14.5 Å². The number of Topliss-reactive ketones (excluding diaryl/α,β-unsaturated/α-hetero) is 1. The number of piperidine rings is 1. The molecule has 2 saturated heterocycles. The third-order valence-corrected chi connectivity index (χ3v) is 7.39. The number of rotatable bonds is 10. The topological polar surface area (TPSA) is 106 Å². The summed E-state index contributed by atoms with van der Waals surface area (Å²) in [7, 11) is 1.67. The molecular formula is C31H55N5O4. The first-order chi connectivity index (χ1) is 18.8. The first-order valence-electron chi connectivity index (χ1n) is 15.1. The van der Waals surface area contributed by atoms with Crippen LogP contribution in [0.4, 0.5) is 5.82 Å². The van der Waals surface area contributed by atoms with Gasteiger partial charge in [-0.1, -0.05) is 48.0 Å². The van der Waals surface area contributed by atoms with E-state index >= 15 is 0 Å². The van der Waals surface area contributed by atoms with Crippen molar-refractivity contribution in [1.82, 2.24) is 20.2 Å². The molecule has 0 aliphatic carbocycles. The number of ketones is 1. The Morgan fingerprint density at radius 1 is 1.20 bits per heavy atom. The summed E-state index contributed by atoms with van der Waals surface area (Å²) >= 11 is 0. The number of methoxy groups -OCH3 is 1. The smallest absolute Gasteiger partial charge is 0.227 e. The van der Waals surface area contributed by atoms with E-state index in [9.17, 15) is 9.59 Å². The minimum absolute atomic E-state index is 0.00761. The fourth-order valence-electron chi connectivity index (χ4n) is 4.87. The molecule has 3 rings (SSSR count). The molecule has 3 heterocycles. The van der Waals surface area contributed by atoms with E-state index in [1.54, 1.807) is 13.3 Å². The van der Waals surface area contributed by atoms with Crippen LogP contribution in [0.2, 0.25) is 0 Å². The molecule has 4 unspecified atom stereocenters. The first kappa shape index (κ1) is 34.1. The van der Waals surface area contributed by atoms with Crippen molar-refractivity contribution in [2.24, 2.45) is 17.8 Å². The van der Waals surface area contributed by atoms with Crippen molar-refractivity contribution in [1.29, 1.82) is 0 Å². The monoisotopic (exact) mass is 561 g/mol. The minimum atomic E-state index is -0.222. The molecule has 0 bridgehead atoms. The summed E-state index contributed by atoms with van der Waals surface area (Å²) in [5, 5.41) is 6.70. The highest BCUT2D eigenvalue weighted by Gasteiger charge is 2.34. The summed E-state index contributed by atoms with van der Waals surface area (Å²) in [6.07, 6.45) is 4.93. The van der Waals surface area contributed by atoms with Crippen molar-refractivity contribution < 1.29 is 19.1 Å². The fourth-order valence-corrected chi connectivity index (χ4v) is 4.87. The van der Waals surface area contributed by atoms with E-state index in [0.29, 0.717) is 62.8 Å². The molecular weight excluding hydrogens is 506 g/mol.